The van der Waals surface area contributed by atoms with Crippen molar-refractivity contribution in [3.8, 4) is 0 Å². The van der Waals surface area contributed by atoms with E-state index < -0.39 is 11.9 Å². The monoisotopic (exact) mass is 260 g/mol. The number of amides is 2. The van der Waals surface area contributed by atoms with Crippen LogP contribution in [0.1, 0.15) is 6.92 Å². The van der Waals surface area contributed by atoms with Gasteiger partial charge in [0.25, 0.3) is 0 Å². The molecular weight excluding hydrogens is 240 g/mol. The van der Waals surface area contributed by atoms with Gasteiger partial charge in [-0.1, -0.05) is 6.92 Å². The van der Waals surface area contributed by atoms with Gasteiger partial charge in [-0.3, -0.25) is 4.79 Å². The summed E-state index contributed by atoms with van der Waals surface area (Å²) in [5.41, 5.74) is 0. The molecule has 7 heteroatoms. The number of hydrogen-bond acceptors (Lipinski definition) is 4. The van der Waals surface area contributed by atoms with Crippen LogP contribution in [0.2, 0.25) is 0 Å². The smallest absolute Gasteiger partial charge is 0.320 e. The number of carbonyl (C=O) groups excluding carboxylic acids is 1. The Kier molecular flexibility index (Phi) is 5.36. The summed E-state index contributed by atoms with van der Waals surface area (Å²) in [5.74, 6) is -1.55. The summed E-state index contributed by atoms with van der Waals surface area (Å²) in [7, 11) is 1.56. The lowest BCUT2D eigenvalue weighted by Gasteiger charge is -2.37. The fourth-order valence-electron chi connectivity index (χ4n) is 1.84. The minimum Gasteiger partial charge on any atom is -0.481 e. The number of nitrogens with zero attached hydrogens (tertiary/aromatic N) is 2. The number of carbonyl (C=O) groups is 2. The highest BCUT2D eigenvalue weighted by Crippen LogP contribution is 2.10. The van der Waals surface area contributed by atoms with Gasteiger partial charge in [0.05, 0.1) is 31.8 Å². The molecule has 0 aromatic carbocycles. The molecule has 1 aliphatic heterocycles. The van der Waals surface area contributed by atoms with E-state index in [1.165, 1.54) is 9.80 Å². The molecule has 0 aliphatic carbocycles. The second kappa shape index (κ2) is 6.55. The van der Waals surface area contributed by atoms with Gasteiger partial charge in [-0.05, 0) is 0 Å². The van der Waals surface area contributed by atoms with Crippen molar-refractivity contribution in [3.63, 3.8) is 0 Å². The van der Waals surface area contributed by atoms with E-state index in [4.69, 9.17) is 9.84 Å². The second-order valence-electron chi connectivity index (χ2n) is 4.51. The maximum Gasteiger partial charge on any atom is 0.320 e. The first-order valence-corrected chi connectivity index (χ1v) is 5.90. The highest BCUT2D eigenvalue weighted by atomic mass is 16.5. The number of ether oxygens (including phenoxy) is 1. The van der Waals surface area contributed by atoms with Crippen LogP contribution in [-0.2, 0) is 9.53 Å². The molecule has 2 unspecified atom stereocenters. The standard InChI is InChI=1S/C11H20N2O5/c1-8(10(15)16)5-12(2)11(17)13-3-4-18-7-9(13)6-14/h8-9,14H,3-7H2,1-2H3,(H,15,16). The Morgan fingerprint density at radius 1 is 1.56 bits per heavy atom. The number of aliphatic hydroxyl groups is 1. The molecule has 0 spiro atoms. The Morgan fingerprint density at radius 3 is 2.78 bits per heavy atom. The minimum absolute atomic E-state index is 0.143. The molecule has 1 rings (SSSR count). The molecule has 0 radical (unpaired) electrons. The van der Waals surface area contributed by atoms with E-state index in [0.717, 1.165) is 0 Å². The predicted octanol–water partition coefficient (Wildman–Crippen LogP) is -0.548. The van der Waals surface area contributed by atoms with Gasteiger partial charge >= 0.3 is 12.0 Å². The van der Waals surface area contributed by atoms with Crippen LogP contribution in [0.25, 0.3) is 0 Å². The van der Waals surface area contributed by atoms with E-state index in [2.05, 4.69) is 0 Å². The molecular formula is C11H20N2O5. The Bertz CT molecular complexity index is 310. The summed E-state index contributed by atoms with van der Waals surface area (Å²) in [6.45, 7) is 2.69. The van der Waals surface area contributed by atoms with Crippen molar-refractivity contribution in [2.45, 2.75) is 13.0 Å². The molecule has 7 nitrogen and oxygen atoms in total. The lowest BCUT2D eigenvalue weighted by Crippen LogP contribution is -2.54. The summed E-state index contributed by atoms with van der Waals surface area (Å²) in [6, 6.07) is -0.626. The van der Waals surface area contributed by atoms with Crippen LogP contribution in [0.3, 0.4) is 0 Å². The molecule has 1 heterocycles. The van der Waals surface area contributed by atoms with Gasteiger partial charge in [-0.25, -0.2) is 4.79 Å². The molecule has 0 aromatic heterocycles. The molecule has 1 fully saturated rings. The molecule has 104 valence electrons. The zero-order valence-electron chi connectivity index (χ0n) is 10.7. The maximum absolute atomic E-state index is 12.1. The van der Waals surface area contributed by atoms with Gasteiger partial charge in [0.15, 0.2) is 0 Å². The van der Waals surface area contributed by atoms with E-state index >= 15 is 0 Å². The highest BCUT2D eigenvalue weighted by molar-refractivity contribution is 5.76. The van der Waals surface area contributed by atoms with Crippen LogP contribution in [0.4, 0.5) is 4.79 Å². The van der Waals surface area contributed by atoms with Crippen molar-refractivity contribution in [1.82, 2.24) is 9.80 Å². The van der Waals surface area contributed by atoms with E-state index in [0.29, 0.717) is 19.8 Å². The predicted molar refractivity (Wildman–Crippen MR) is 63.2 cm³/mol. The van der Waals surface area contributed by atoms with E-state index in [1.54, 1.807) is 14.0 Å². The van der Waals surface area contributed by atoms with Crippen molar-refractivity contribution in [1.29, 1.82) is 0 Å². The lowest BCUT2D eigenvalue weighted by molar-refractivity contribution is -0.141. The molecule has 1 saturated heterocycles. The summed E-state index contributed by atoms with van der Waals surface area (Å²) in [5, 5.41) is 18.0. The summed E-state index contributed by atoms with van der Waals surface area (Å²) < 4.78 is 5.19. The molecule has 18 heavy (non-hydrogen) atoms. The SMILES string of the molecule is CC(CN(C)C(=O)N1CCOCC1CO)C(=O)O. The maximum atomic E-state index is 12.1. The third-order valence-corrected chi connectivity index (χ3v) is 2.98. The first kappa shape index (κ1) is 14.7. The first-order valence-electron chi connectivity index (χ1n) is 5.90. The van der Waals surface area contributed by atoms with Gasteiger partial charge in [0, 0.05) is 20.1 Å². The van der Waals surface area contributed by atoms with E-state index in [9.17, 15) is 14.7 Å². The Labute approximate surface area is 106 Å². The third-order valence-electron chi connectivity index (χ3n) is 2.98. The summed E-state index contributed by atoms with van der Waals surface area (Å²) in [6.07, 6.45) is 0. The Hall–Kier alpha value is -1.34. The first-order chi connectivity index (χ1) is 8.47. The average molecular weight is 260 g/mol. The fourth-order valence-corrected chi connectivity index (χ4v) is 1.84. The van der Waals surface area contributed by atoms with Crippen molar-refractivity contribution in [2.75, 3.05) is 40.0 Å². The molecule has 0 bridgehead atoms. The van der Waals surface area contributed by atoms with Crippen LogP contribution in [0.15, 0.2) is 0 Å². The van der Waals surface area contributed by atoms with Crippen molar-refractivity contribution in [3.05, 3.63) is 0 Å². The van der Waals surface area contributed by atoms with Crippen molar-refractivity contribution >= 4 is 12.0 Å². The number of morpholine rings is 1. The summed E-state index contributed by atoms with van der Waals surface area (Å²) in [4.78, 5) is 25.8. The Morgan fingerprint density at radius 2 is 2.22 bits per heavy atom. The molecule has 1 aliphatic rings. The zero-order chi connectivity index (χ0) is 13.7. The van der Waals surface area contributed by atoms with Crippen LogP contribution >= 0.6 is 0 Å². The molecule has 0 saturated carbocycles. The topological polar surface area (TPSA) is 90.3 Å². The summed E-state index contributed by atoms with van der Waals surface area (Å²) >= 11 is 0. The number of urea groups is 1. The highest BCUT2D eigenvalue weighted by Gasteiger charge is 2.29. The number of carboxylic acids is 1. The third kappa shape index (κ3) is 3.58. The molecule has 2 N–H and O–H groups in total. The van der Waals surface area contributed by atoms with Gasteiger partial charge in [0.1, 0.15) is 0 Å². The minimum atomic E-state index is -0.935. The molecule has 2 atom stereocenters. The molecule has 0 aromatic rings. The average Bonchev–Trinajstić information content (AvgIpc) is 2.37. The van der Waals surface area contributed by atoms with Crippen molar-refractivity contribution in [2.24, 2.45) is 5.92 Å². The quantitative estimate of drug-likeness (QED) is 0.708. The van der Waals surface area contributed by atoms with E-state index in [1.807, 2.05) is 0 Å². The van der Waals surface area contributed by atoms with Crippen LogP contribution in [0.5, 0.6) is 0 Å². The second-order valence-corrected chi connectivity index (χ2v) is 4.51. The van der Waals surface area contributed by atoms with Gasteiger partial charge in [-0.15, -0.1) is 0 Å². The molecule has 2 amide bonds. The van der Waals surface area contributed by atoms with E-state index in [-0.39, 0.29) is 25.2 Å². The van der Waals surface area contributed by atoms with Gasteiger partial charge < -0.3 is 24.7 Å². The fraction of sp³-hybridized carbons (Fsp3) is 0.818. The number of aliphatic carboxylic acids is 1. The van der Waals surface area contributed by atoms with Crippen LogP contribution in [0, 0.1) is 5.92 Å². The number of carboxylic acid groups (broad SMARTS) is 1. The van der Waals surface area contributed by atoms with Crippen LogP contribution in [-0.4, -0.2) is 78.0 Å². The van der Waals surface area contributed by atoms with Crippen LogP contribution < -0.4 is 0 Å². The van der Waals surface area contributed by atoms with Crippen molar-refractivity contribution < 1.29 is 24.5 Å². The lowest BCUT2D eigenvalue weighted by atomic mass is 10.2. The normalized spacial score (nSPS) is 21.5. The van der Waals surface area contributed by atoms with Gasteiger partial charge in [-0.2, -0.15) is 0 Å². The zero-order valence-corrected chi connectivity index (χ0v) is 10.7. The largest absolute Gasteiger partial charge is 0.481 e. The number of rotatable bonds is 4. The Balaban J connectivity index is 2.58. The number of hydrogen-bond donors (Lipinski definition) is 2. The van der Waals surface area contributed by atoms with Gasteiger partial charge in [0.2, 0.25) is 0 Å². The number of aliphatic hydroxyl groups excluding tert-OH is 1.